The Labute approximate surface area is 178 Å². The second-order valence-corrected chi connectivity index (χ2v) is 9.42. The van der Waals surface area contributed by atoms with Gasteiger partial charge in [-0.25, -0.2) is 0 Å². The van der Waals surface area contributed by atoms with Crippen LogP contribution in [0.4, 0.5) is 0 Å². The molecule has 2 aliphatic rings. The zero-order chi connectivity index (χ0) is 17.2. The lowest BCUT2D eigenvalue weighted by molar-refractivity contribution is 0.370. The highest BCUT2D eigenvalue weighted by Crippen LogP contribution is 2.42. The van der Waals surface area contributed by atoms with Gasteiger partial charge >= 0.3 is 0 Å². The maximum Gasteiger partial charge on any atom is 0.00624 e. The molecule has 0 radical (unpaired) electrons. The summed E-state index contributed by atoms with van der Waals surface area (Å²) in [5, 5.41) is 2.42. The summed E-state index contributed by atoms with van der Waals surface area (Å²) in [6.45, 7) is 9.35. The van der Waals surface area contributed by atoms with Gasteiger partial charge in [0.05, 0.1) is 0 Å². The quantitative estimate of drug-likeness (QED) is 0.316. The molecule has 2 aliphatic carbocycles. The van der Waals surface area contributed by atoms with E-state index in [4.69, 9.17) is 0 Å². The van der Waals surface area contributed by atoms with Gasteiger partial charge in [0, 0.05) is 10.7 Å². The highest BCUT2D eigenvalue weighted by molar-refractivity contribution is 9.09. The molecule has 25 heavy (non-hydrogen) atoms. The van der Waals surface area contributed by atoms with Crippen LogP contribution < -0.4 is 0 Å². The van der Waals surface area contributed by atoms with Crippen LogP contribution in [0.5, 0.6) is 0 Å². The van der Waals surface area contributed by atoms with Crippen LogP contribution in [-0.2, 0) is 0 Å². The van der Waals surface area contributed by atoms with E-state index < -0.39 is 0 Å². The minimum Gasteiger partial charge on any atom is -0.0928 e. The van der Waals surface area contributed by atoms with Crippen molar-refractivity contribution in [1.82, 2.24) is 0 Å². The maximum absolute atomic E-state index is 3.61. The topological polar surface area (TPSA) is 0 Å². The molecule has 0 heterocycles. The number of halogens is 2. The molecule has 6 unspecified atom stereocenters. The van der Waals surface area contributed by atoms with Crippen molar-refractivity contribution in [3.05, 3.63) is 0 Å². The van der Waals surface area contributed by atoms with Crippen molar-refractivity contribution in [2.75, 3.05) is 10.7 Å². The average Bonchev–Trinajstić information content (AvgIpc) is 3.18. The van der Waals surface area contributed by atoms with Crippen molar-refractivity contribution < 1.29 is 0 Å². The van der Waals surface area contributed by atoms with Crippen LogP contribution in [0.15, 0.2) is 0 Å². The highest BCUT2D eigenvalue weighted by Gasteiger charge is 2.31. The van der Waals surface area contributed by atoms with Crippen LogP contribution in [0, 0.1) is 35.5 Å². The van der Waals surface area contributed by atoms with Crippen LogP contribution in [0.1, 0.15) is 100 Å². The summed E-state index contributed by atoms with van der Waals surface area (Å²) < 4.78 is 0. The van der Waals surface area contributed by atoms with Gasteiger partial charge in [0.1, 0.15) is 0 Å². The Bertz CT molecular complexity index is 280. The van der Waals surface area contributed by atoms with Crippen molar-refractivity contribution in [1.29, 1.82) is 0 Å². The van der Waals surface area contributed by atoms with E-state index in [1.807, 2.05) is 0 Å². The Morgan fingerprint density at radius 3 is 1.32 bits per heavy atom. The van der Waals surface area contributed by atoms with E-state index in [2.05, 4.69) is 59.6 Å². The van der Waals surface area contributed by atoms with Crippen LogP contribution in [0.3, 0.4) is 0 Å². The Hall–Kier alpha value is 0.960. The molecule has 2 rings (SSSR count). The van der Waals surface area contributed by atoms with E-state index in [1.165, 1.54) is 68.4 Å². The molecule has 2 saturated carbocycles. The maximum atomic E-state index is 3.61. The largest absolute Gasteiger partial charge is 0.0928 e. The summed E-state index contributed by atoms with van der Waals surface area (Å²) in [4.78, 5) is 0. The molecule has 0 bridgehead atoms. The molecule has 0 aromatic heterocycles. The van der Waals surface area contributed by atoms with Gasteiger partial charge in [-0.2, -0.15) is 0 Å². The molecule has 0 saturated heterocycles. The lowest BCUT2D eigenvalue weighted by Gasteiger charge is -2.15. The Morgan fingerprint density at radius 2 is 1.00 bits per heavy atom. The lowest BCUT2D eigenvalue weighted by Crippen LogP contribution is -2.07. The average molecular weight is 484 g/mol. The van der Waals surface area contributed by atoms with E-state index in [1.54, 1.807) is 0 Å². The predicted molar refractivity (Wildman–Crippen MR) is 126 cm³/mol. The molecule has 0 amide bonds. The molecule has 154 valence electrons. The first-order valence-electron chi connectivity index (χ1n) is 10.2. The van der Waals surface area contributed by atoms with Crippen LogP contribution in [-0.4, -0.2) is 10.7 Å². The van der Waals surface area contributed by atoms with Crippen molar-refractivity contribution in [2.45, 2.75) is 100 Å². The second kappa shape index (κ2) is 16.0. The van der Waals surface area contributed by atoms with Crippen LogP contribution >= 0.6 is 31.9 Å². The molecule has 2 fully saturated rings. The zero-order valence-electron chi connectivity index (χ0n) is 16.0. The first-order chi connectivity index (χ1) is 11.1. The summed E-state index contributed by atoms with van der Waals surface area (Å²) >= 11 is 7.17. The van der Waals surface area contributed by atoms with Gasteiger partial charge in [-0.1, -0.05) is 100 Å². The Kier molecular flexibility index (Phi) is 18.0. The summed E-state index contributed by atoms with van der Waals surface area (Å²) in [5.41, 5.74) is 0. The molecular formula is C23H48Br2. The fraction of sp³-hybridized carbons (Fsp3) is 1.00. The minimum atomic E-state index is 0. The smallest absolute Gasteiger partial charge is 0.00624 e. The fourth-order valence-electron chi connectivity index (χ4n) is 5.02. The van der Waals surface area contributed by atoms with E-state index in [-0.39, 0.29) is 14.9 Å². The van der Waals surface area contributed by atoms with Crippen molar-refractivity contribution in [3.8, 4) is 0 Å². The first kappa shape index (κ1) is 28.2. The number of hydrogen-bond acceptors (Lipinski definition) is 0. The predicted octanol–water partition coefficient (Wildman–Crippen LogP) is 9.35. The monoisotopic (exact) mass is 482 g/mol. The standard InChI is InChI=1S/C11H21Br.C10H19Br.2CH4/c1-3-9-7-10(4-2)11(8-9)5-6-12;1-3-8-5-9(4-2)10(6-8)7-11;;/h9-11H,3-8H2,1-2H3;8-10H,3-7H2,1-2H3;2*1H4. The Morgan fingerprint density at radius 1 is 0.600 bits per heavy atom. The van der Waals surface area contributed by atoms with Gasteiger partial charge < -0.3 is 0 Å². The van der Waals surface area contributed by atoms with Crippen molar-refractivity contribution in [3.63, 3.8) is 0 Å². The normalized spacial score (nSPS) is 33.8. The molecule has 0 aliphatic heterocycles. The van der Waals surface area contributed by atoms with E-state index >= 15 is 0 Å². The lowest BCUT2D eigenvalue weighted by atomic mass is 9.92. The second-order valence-electron chi connectivity index (χ2n) is 7.98. The Balaban J connectivity index is 0. The van der Waals surface area contributed by atoms with Gasteiger partial charge in [0.2, 0.25) is 0 Å². The van der Waals surface area contributed by atoms with Crippen LogP contribution in [0.2, 0.25) is 0 Å². The third-order valence-corrected chi connectivity index (χ3v) is 8.05. The number of alkyl halides is 2. The molecule has 6 atom stereocenters. The highest BCUT2D eigenvalue weighted by atomic mass is 79.9. The fourth-order valence-corrected chi connectivity index (χ4v) is 6.41. The molecule has 2 heteroatoms. The van der Waals surface area contributed by atoms with Crippen molar-refractivity contribution in [2.24, 2.45) is 35.5 Å². The summed E-state index contributed by atoms with van der Waals surface area (Å²) in [7, 11) is 0. The van der Waals surface area contributed by atoms with Crippen molar-refractivity contribution >= 4 is 31.9 Å². The molecule has 0 spiro atoms. The van der Waals surface area contributed by atoms with E-state index in [0.29, 0.717) is 0 Å². The van der Waals surface area contributed by atoms with E-state index in [9.17, 15) is 0 Å². The van der Waals surface area contributed by atoms with Gasteiger partial charge in [-0.3, -0.25) is 0 Å². The molecule has 0 aromatic rings. The third-order valence-electron chi connectivity index (χ3n) is 6.76. The minimum absolute atomic E-state index is 0. The molecule has 0 nitrogen and oxygen atoms in total. The summed E-state index contributed by atoms with van der Waals surface area (Å²) in [6, 6.07) is 0. The number of hydrogen-bond donors (Lipinski definition) is 0. The van der Waals surface area contributed by atoms with Gasteiger partial charge in [0.25, 0.3) is 0 Å². The first-order valence-corrected chi connectivity index (χ1v) is 12.5. The van der Waals surface area contributed by atoms with Crippen LogP contribution in [0.25, 0.3) is 0 Å². The van der Waals surface area contributed by atoms with Gasteiger partial charge in [-0.15, -0.1) is 0 Å². The molecule has 0 aromatic carbocycles. The zero-order valence-corrected chi connectivity index (χ0v) is 19.2. The summed E-state index contributed by atoms with van der Waals surface area (Å²) in [6.07, 6.45) is 12.9. The van der Waals surface area contributed by atoms with Gasteiger partial charge in [-0.05, 0) is 67.6 Å². The SMILES string of the molecule is C.C.CCC1CC(CC)C(CBr)C1.CCC1CC(CC)C(CCBr)C1. The summed E-state index contributed by atoms with van der Waals surface area (Å²) in [5.74, 6) is 6.12. The van der Waals surface area contributed by atoms with Gasteiger partial charge in [0.15, 0.2) is 0 Å². The number of rotatable bonds is 7. The molecular weight excluding hydrogens is 436 g/mol. The van der Waals surface area contributed by atoms with E-state index in [0.717, 1.165) is 35.5 Å². The third kappa shape index (κ3) is 9.13. The molecule has 0 N–H and O–H groups in total.